The second-order valence-electron chi connectivity index (χ2n) is 3.02. The summed E-state index contributed by atoms with van der Waals surface area (Å²) in [6.07, 6.45) is 2.19. The first kappa shape index (κ1) is 11.1. The first-order valence-electron chi connectivity index (χ1n) is 4.28. The summed E-state index contributed by atoms with van der Waals surface area (Å²) >= 11 is 0. The number of rotatable bonds is 5. The van der Waals surface area contributed by atoms with Crippen molar-refractivity contribution in [1.29, 1.82) is 0 Å². The summed E-state index contributed by atoms with van der Waals surface area (Å²) in [5.74, 6) is -0.179. The number of hydrogen-bond acceptors (Lipinski definition) is 3. The number of amides is 1. The molecule has 0 saturated heterocycles. The largest absolute Gasteiger partial charge is 0.273 e. The van der Waals surface area contributed by atoms with Crippen LogP contribution in [0, 0.1) is 4.91 Å². The van der Waals surface area contributed by atoms with Crippen molar-refractivity contribution in [2.24, 2.45) is 5.29 Å². The first-order valence-corrected chi connectivity index (χ1v) is 4.28. The van der Waals surface area contributed by atoms with E-state index in [-0.39, 0.29) is 11.9 Å². The molecule has 0 atom stereocenters. The van der Waals surface area contributed by atoms with Crippen LogP contribution in [0.2, 0.25) is 0 Å². The van der Waals surface area contributed by atoms with E-state index in [1.807, 2.05) is 6.92 Å². The van der Waals surface area contributed by atoms with Crippen LogP contribution < -0.4 is 0 Å². The first-order chi connectivity index (χ1) is 5.63. The van der Waals surface area contributed by atoms with E-state index in [1.54, 1.807) is 13.8 Å². The molecule has 0 heterocycles. The average molecular weight is 172 g/mol. The van der Waals surface area contributed by atoms with Gasteiger partial charge in [0.15, 0.2) is 0 Å². The molecule has 70 valence electrons. The van der Waals surface area contributed by atoms with Gasteiger partial charge in [-0.3, -0.25) is 4.79 Å². The molecule has 0 aliphatic carbocycles. The Hall–Kier alpha value is -0.930. The highest BCUT2D eigenvalue weighted by atomic mass is 16.3. The van der Waals surface area contributed by atoms with Gasteiger partial charge in [0.2, 0.25) is 5.91 Å². The van der Waals surface area contributed by atoms with Crippen LogP contribution in [-0.2, 0) is 4.79 Å². The third-order valence-corrected chi connectivity index (χ3v) is 1.58. The maximum atomic E-state index is 11.2. The van der Waals surface area contributed by atoms with Gasteiger partial charge in [-0.25, -0.2) is 0 Å². The molecular weight excluding hydrogens is 156 g/mol. The molecule has 12 heavy (non-hydrogen) atoms. The lowest BCUT2D eigenvalue weighted by Gasteiger charge is -2.16. The highest BCUT2D eigenvalue weighted by Crippen LogP contribution is 2.05. The monoisotopic (exact) mass is 172 g/mol. The van der Waals surface area contributed by atoms with Gasteiger partial charge in [0.05, 0.1) is 11.3 Å². The van der Waals surface area contributed by atoms with Crippen LogP contribution in [0.3, 0.4) is 0 Å². The fourth-order valence-electron chi connectivity index (χ4n) is 0.870. The van der Waals surface area contributed by atoms with Crippen molar-refractivity contribution in [2.45, 2.75) is 46.1 Å². The molecule has 0 N–H and O–H groups in total. The van der Waals surface area contributed by atoms with Crippen LogP contribution in [0.5, 0.6) is 0 Å². The maximum Gasteiger partial charge on any atom is 0.245 e. The smallest absolute Gasteiger partial charge is 0.245 e. The SMILES string of the molecule is CCCCC(=O)N(N=O)C(C)C. The van der Waals surface area contributed by atoms with Gasteiger partial charge in [-0.15, -0.1) is 4.91 Å². The molecule has 4 heteroatoms. The molecule has 1 amide bonds. The topological polar surface area (TPSA) is 49.7 Å². The van der Waals surface area contributed by atoms with Gasteiger partial charge in [0.1, 0.15) is 0 Å². The third kappa shape index (κ3) is 3.46. The number of nitroso groups, excluding NO2 is 1. The van der Waals surface area contributed by atoms with E-state index in [0.29, 0.717) is 6.42 Å². The Morgan fingerprint density at radius 2 is 2.08 bits per heavy atom. The summed E-state index contributed by atoms with van der Waals surface area (Å²) in [7, 11) is 0. The quantitative estimate of drug-likeness (QED) is 0.471. The van der Waals surface area contributed by atoms with Gasteiger partial charge in [-0.1, -0.05) is 13.3 Å². The summed E-state index contributed by atoms with van der Waals surface area (Å²) < 4.78 is 0. The van der Waals surface area contributed by atoms with Crippen LogP contribution in [0.4, 0.5) is 0 Å². The molecule has 0 aliphatic heterocycles. The summed E-state index contributed by atoms with van der Waals surface area (Å²) in [6.45, 7) is 5.54. The predicted molar refractivity (Wildman–Crippen MR) is 47.3 cm³/mol. The van der Waals surface area contributed by atoms with Crippen molar-refractivity contribution in [3.8, 4) is 0 Å². The number of carbonyl (C=O) groups excluding carboxylic acids is 1. The van der Waals surface area contributed by atoms with Crippen molar-refractivity contribution in [3.63, 3.8) is 0 Å². The minimum Gasteiger partial charge on any atom is -0.273 e. The van der Waals surface area contributed by atoms with Gasteiger partial charge < -0.3 is 0 Å². The Labute approximate surface area is 72.9 Å². The minimum absolute atomic E-state index is 0.133. The fourth-order valence-corrected chi connectivity index (χ4v) is 0.870. The highest BCUT2D eigenvalue weighted by molar-refractivity contribution is 5.75. The summed E-state index contributed by atoms with van der Waals surface area (Å²) in [5.41, 5.74) is 0. The molecule has 0 spiro atoms. The predicted octanol–water partition coefficient (Wildman–Crippen LogP) is 2.09. The van der Waals surface area contributed by atoms with E-state index in [2.05, 4.69) is 5.29 Å². The lowest BCUT2D eigenvalue weighted by molar-refractivity contribution is -0.133. The number of hydrogen-bond donors (Lipinski definition) is 0. The summed E-state index contributed by atoms with van der Waals surface area (Å²) in [4.78, 5) is 21.4. The molecular formula is C8H16N2O2. The van der Waals surface area contributed by atoms with E-state index >= 15 is 0 Å². The van der Waals surface area contributed by atoms with E-state index in [9.17, 15) is 9.70 Å². The fraction of sp³-hybridized carbons (Fsp3) is 0.875. The molecule has 0 bridgehead atoms. The van der Waals surface area contributed by atoms with E-state index in [4.69, 9.17) is 0 Å². The van der Waals surface area contributed by atoms with Gasteiger partial charge in [0.25, 0.3) is 0 Å². The van der Waals surface area contributed by atoms with Crippen LogP contribution in [0.25, 0.3) is 0 Å². The molecule has 0 aliphatic rings. The Morgan fingerprint density at radius 1 is 1.50 bits per heavy atom. The van der Waals surface area contributed by atoms with Crippen LogP contribution >= 0.6 is 0 Å². The van der Waals surface area contributed by atoms with Gasteiger partial charge >= 0.3 is 0 Å². The van der Waals surface area contributed by atoms with Crippen molar-refractivity contribution in [3.05, 3.63) is 4.91 Å². The molecule has 0 saturated carbocycles. The Balaban J connectivity index is 3.94. The molecule has 0 unspecified atom stereocenters. The van der Waals surface area contributed by atoms with Crippen molar-refractivity contribution >= 4 is 5.91 Å². The molecule has 0 aromatic rings. The molecule has 0 fully saturated rings. The zero-order chi connectivity index (χ0) is 9.56. The van der Waals surface area contributed by atoms with Gasteiger partial charge in [0, 0.05) is 6.42 Å². The minimum atomic E-state index is -0.179. The van der Waals surface area contributed by atoms with Gasteiger partial charge in [-0.2, -0.15) is 5.01 Å². The van der Waals surface area contributed by atoms with Crippen LogP contribution in [0.15, 0.2) is 5.29 Å². The number of unbranched alkanes of at least 4 members (excludes halogenated alkanes) is 1. The molecule has 0 aromatic heterocycles. The van der Waals surface area contributed by atoms with Crippen LogP contribution in [0.1, 0.15) is 40.0 Å². The van der Waals surface area contributed by atoms with Crippen molar-refractivity contribution in [1.82, 2.24) is 5.01 Å². The van der Waals surface area contributed by atoms with Crippen molar-refractivity contribution in [2.75, 3.05) is 0 Å². The zero-order valence-electron chi connectivity index (χ0n) is 7.91. The lowest BCUT2D eigenvalue weighted by Crippen LogP contribution is -2.31. The Morgan fingerprint density at radius 3 is 2.42 bits per heavy atom. The highest BCUT2D eigenvalue weighted by Gasteiger charge is 2.16. The lowest BCUT2D eigenvalue weighted by atomic mass is 10.2. The van der Waals surface area contributed by atoms with Gasteiger partial charge in [-0.05, 0) is 20.3 Å². The summed E-state index contributed by atoms with van der Waals surface area (Å²) in [5, 5.41) is 3.67. The zero-order valence-corrected chi connectivity index (χ0v) is 7.91. The molecule has 0 rings (SSSR count). The molecule has 0 aromatic carbocycles. The third-order valence-electron chi connectivity index (χ3n) is 1.58. The van der Waals surface area contributed by atoms with E-state index in [0.717, 1.165) is 17.9 Å². The molecule has 4 nitrogen and oxygen atoms in total. The standard InChI is InChI=1S/C8H16N2O2/c1-4-5-6-8(11)10(9-12)7(2)3/h7H,4-6H2,1-3H3. The molecule has 0 radical (unpaired) electrons. The van der Waals surface area contributed by atoms with E-state index in [1.165, 1.54) is 0 Å². The number of carbonyl (C=O) groups is 1. The normalized spacial score (nSPS) is 10.0. The second-order valence-corrected chi connectivity index (χ2v) is 3.02. The average Bonchev–Trinajstić information content (AvgIpc) is 2.01. The number of nitrogens with zero attached hydrogens (tertiary/aromatic N) is 2. The Kier molecular flexibility index (Phi) is 5.25. The van der Waals surface area contributed by atoms with Crippen LogP contribution in [-0.4, -0.2) is 17.0 Å². The Bertz CT molecular complexity index is 157. The van der Waals surface area contributed by atoms with E-state index < -0.39 is 0 Å². The second kappa shape index (κ2) is 5.69. The maximum absolute atomic E-state index is 11.2. The van der Waals surface area contributed by atoms with Crippen molar-refractivity contribution < 1.29 is 4.79 Å². The summed E-state index contributed by atoms with van der Waals surface area (Å²) in [6, 6.07) is -0.133.